The van der Waals surface area contributed by atoms with Gasteiger partial charge in [-0.3, -0.25) is 0 Å². The first kappa shape index (κ1) is 14.0. The second-order valence-corrected chi connectivity index (χ2v) is 4.27. The zero-order valence-electron chi connectivity index (χ0n) is 11.1. The van der Waals surface area contributed by atoms with Gasteiger partial charge >= 0.3 is 0 Å². The molecule has 3 heteroatoms. The highest BCUT2D eigenvalue weighted by Gasteiger charge is 1.96. The van der Waals surface area contributed by atoms with Crippen LogP contribution >= 0.6 is 0 Å². The molecule has 0 spiro atoms. The number of aryl methyl sites for hydroxylation is 2. The standard InChI is InChI=1S/C14H23NO2/c1-12-9-13(2)11-14(10-12)17-7-4-5-15-6-8-16-3/h9-11,15H,4-8H2,1-3H3. The Morgan fingerprint density at radius 3 is 2.35 bits per heavy atom. The molecule has 1 aromatic carbocycles. The van der Waals surface area contributed by atoms with Crippen LogP contribution in [0.15, 0.2) is 18.2 Å². The van der Waals surface area contributed by atoms with Crippen molar-refractivity contribution in [2.75, 3.05) is 33.4 Å². The SMILES string of the molecule is COCCNCCCOc1cc(C)cc(C)c1. The number of rotatable bonds is 8. The summed E-state index contributed by atoms with van der Waals surface area (Å²) in [6.45, 7) is 7.56. The van der Waals surface area contributed by atoms with Gasteiger partial charge in [0.05, 0.1) is 13.2 Å². The predicted molar refractivity (Wildman–Crippen MR) is 70.8 cm³/mol. The minimum Gasteiger partial charge on any atom is -0.494 e. The summed E-state index contributed by atoms with van der Waals surface area (Å²) in [5.41, 5.74) is 2.50. The summed E-state index contributed by atoms with van der Waals surface area (Å²) in [6, 6.07) is 6.30. The van der Waals surface area contributed by atoms with E-state index in [0.717, 1.165) is 38.5 Å². The Morgan fingerprint density at radius 1 is 1.00 bits per heavy atom. The molecule has 0 radical (unpaired) electrons. The van der Waals surface area contributed by atoms with Crippen molar-refractivity contribution < 1.29 is 9.47 Å². The van der Waals surface area contributed by atoms with Gasteiger partial charge in [-0.15, -0.1) is 0 Å². The first-order chi connectivity index (χ1) is 8.22. The third-order valence-electron chi connectivity index (χ3n) is 2.44. The van der Waals surface area contributed by atoms with Crippen molar-refractivity contribution in [3.63, 3.8) is 0 Å². The van der Waals surface area contributed by atoms with Gasteiger partial charge in [-0.05, 0) is 50.1 Å². The fraction of sp³-hybridized carbons (Fsp3) is 0.571. The third-order valence-corrected chi connectivity index (χ3v) is 2.44. The number of nitrogens with one attached hydrogen (secondary N) is 1. The molecular formula is C14H23NO2. The molecule has 1 aromatic rings. The van der Waals surface area contributed by atoms with E-state index in [-0.39, 0.29) is 0 Å². The molecule has 0 bridgehead atoms. The molecule has 0 aromatic heterocycles. The maximum absolute atomic E-state index is 5.70. The summed E-state index contributed by atoms with van der Waals surface area (Å²) >= 11 is 0. The molecule has 0 saturated heterocycles. The zero-order chi connectivity index (χ0) is 12.5. The van der Waals surface area contributed by atoms with Gasteiger partial charge in [-0.2, -0.15) is 0 Å². The first-order valence-corrected chi connectivity index (χ1v) is 6.13. The second-order valence-electron chi connectivity index (χ2n) is 4.27. The molecule has 0 fully saturated rings. The minimum atomic E-state index is 0.753. The average molecular weight is 237 g/mol. The van der Waals surface area contributed by atoms with E-state index in [1.54, 1.807) is 7.11 Å². The molecular weight excluding hydrogens is 214 g/mol. The Bertz CT molecular complexity index is 306. The highest BCUT2D eigenvalue weighted by molar-refractivity contribution is 5.32. The van der Waals surface area contributed by atoms with Crippen molar-refractivity contribution in [1.29, 1.82) is 0 Å². The van der Waals surface area contributed by atoms with Gasteiger partial charge in [0.1, 0.15) is 5.75 Å². The maximum Gasteiger partial charge on any atom is 0.119 e. The third kappa shape index (κ3) is 6.29. The van der Waals surface area contributed by atoms with Crippen molar-refractivity contribution in [3.8, 4) is 5.75 Å². The molecule has 0 unspecified atom stereocenters. The van der Waals surface area contributed by atoms with Crippen LogP contribution in [-0.4, -0.2) is 33.4 Å². The van der Waals surface area contributed by atoms with Gasteiger partial charge in [0.25, 0.3) is 0 Å². The summed E-state index contributed by atoms with van der Waals surface area (Å²) in [5.74, 6) is 0.972. The monoisotopic (exact) mass is 237 g/mol. The van der Waals surface area contributed by atoms with E-state index >= 15 is 0 Å². The number of benzene rings is 1. The fourth-order valence-corrected chi connectivity index (χ4v) is 1.70. The molecule has 17 heavy (non-hydrogen) atoms. The van der Waals surface area contributed by atoms with Crippen LogP contribution in [0.5, 0.6) is 5.75 Å². The van der Waals surface area contributed by atoms with Crippen LogP contribution in [0, 0.1) is 13.8 Å². The minimum absolute atomic E-state index is 0.753. The highest BCUT2D eigenvalue weighted by atomic mass is 16.5. The van der Waals surface area contributed by atoms with Crippen LogP contribution in [0.25, 0.3) is 0 Å². The Hall–Kier alpha value is -1.06. The van der Waals surface area contributed by atoms with Crippen molar-refractivity contribution in [1.82, 2.24) is 5.32 Å². The molecule has 1 N–H and O–H groups in total. The Morgan fingerprint density at radius 2 is 1.71 bits per heavy atom. The largest absolute Gasteiger partial charge is 0.494 e. The van der Waals surface area contributed by atoms with Crippen molar-refractivity contribution >= 4 is 0 Å². The Labute approximate surface area is 104 Å². The topological polar surface area (TPSA) is 30.5 Å². The van der Waals surface area contributed by atoms with E-state index < -0.39 is 0 Å². The van der Waals surface area contributed by atoms with Crippen LogP contribution in [0.4, 0.5) is 0 Å². The lowest BCUT2D eigenvalue weighted by molar-refractivity contribution is 0.198. The molecule has 0 saturated carbocycles. The van der Waals surface area contributed by atoms with Crippen molar-refractivity contribution in [2.24, 2.45) is 0 Å². The van der Waals surface area contributed by atoms with E-state index in [2.05, 4.69) is 37.4 Å². The Balaban J connectivity index is 2.13. The van der Waals surface area contributed by atoms with Crippen molar-refractivity contribution in [2.45, 2.75) is 20.3 Å². The molecule has 96 valence electrons. The van der Waals surface area contributed by atoms with Crippen LogP contribution in [0.2, 0.25) is 0 Å². The molecule has 0 amide bonds. The molecule has 0 aliphatic carbocycles. The predicted octanol–water partition coefficient (Wildman–Crippen LogP) is 2.31. The number of ether oxygens (including phenoxy) is 2. The normalized spacial score (nSPS) is 10.5. The summed E-state index contributed by atoms with van der Waals surface area (Å²) in [5, 5.41) is 3.29. The van der Waals surface area contributed by atoms with Gasteiger partial charge in [0, 0.05) is 13.7 Å². The smallest absolute Gasteiger partial charge is 0.119 e. The van der Waals surface area contributed by atoms with E-state index in [9.17, 15) is 0 Å². The van der Waals surface area contributed by atoms with E-state index in [1.165, 1.54) is 11.1 Å². The lowest BCUT2D eigenvalue weighted by Gasteiger charge is -2.08. The quantitative estimate of drug-likeness (QED) is 0.704. The molecule has 0 atom stereocenters. The van der Waals surface area contributed by atoms with Crippen LogP contribution in [0.1, 0.15) is 17.5 Å². The molecule has 0 heterocycles. The lowest BCUT2D eigenvalue weighted by Crippen LogP contribution is -2.21. The van der Waals surface area contributed by atoms with Gasteiger partial charge < -0.3 is 14.8 Å². The highest BCUT2D eigenvalue weighted by Crippen LogP contribution is 2.16. The summed E-state index contributed by atoms with van der Waals surface area (Å²) in [4.78, 5) is 0. The molecule has 0 aliphatic rings. The van der Waals surface area contributed by atoms with Crippen molar-refractivity contribution in [3.05, 3.63) is 29.3 Å². The summed E-state index contributed by atoms with van der Waals surface area (Å²) in [7, 11) is 1.71. The van der Waals surface area contributed by atoms with Crippen LogP contribution in [0.3, 0.4) is 0 Å². The van der Waals surface area contributed by atoms with Gasteiger partial charge in [-0.1, -0.05) is 6.07 Å². The van der Waals surface area contributed by atoms with Crippen LogP contribution in [-0.2, 0) is 4.74 Å². The molecule has 0 aliphatic heterocycles. The van der Waals surface area contributed by atoms with E-state index in [0.29, 0.717) is 0 Å². The van der Waals surface area contributed by atoms with E-state index in [4.69, 9.17) is 9.47 Å². The fourth-order valence-electron chi connectivity index (χ4n) is 1.70. The number of hydrogen-bond acceptors (Lipinski definition) is 3. The first-order valence-electron chi connectivity index (χ1n) is 6.13. The summed E-state index contributed by atoms with van der Waals surface area (Å²) < 4.78 is 10.7. The van der Waals surface area contributed by atoms with Gasteiger partial charge in [0.15, 0.2) is 0 Å². The van der Waals surface area contributed by atoms with Gasteiger partial charge in [0.2, 0.25) is 0 Å². The maximum atomic E-state index is 5.70. The zero-order valence-corrected chi connectivity index (χ0v) is 11.1. The summed E-state index contributed by atoms with van der Waals surface area (Å²) in [6.07, 6.45) is 1.01. The molecule has 1 rings (SSSR count). The molecule has 3 nitrogen and oxygen atoms in total. The van der Waals surface area contributed by atoms with Gasteiger partial charge in [-0.25, -0.2) is 0 Å². The van der Waals surface area contributed by atoms with Crippen LogP contribution < -0.4 is 10.1 Å². The number of hydrogen-bond donors (Lipinski definition) is 1. The second kappa shape index (κ2) is 8.09. The van der Waals surface area contributed by atoms with E-state index in [1.807, 2.05) is 0 Å². The average Bonchev–Trinajstić information content (AvgIpc) is 2.26. The Kier molecular flexibility index (Phi) is 6.67. The number of methoxy groups -OCH3 is 1. The lowest BCUT2D eigenvalue weighted by atomic mass is 10.1.